The van der Waals surface area contributed by atoms with E-state index in [4.69, 9.17) is 21.5 Å². The first-order valence-corrected chi connectivity index (χ1v) is 22.1. The number of hydrogen-bond acceptors (Lipinski definition) is 3. The Bertz CT molecular complexity index is 3850. The second-order valence-electron chi connectivity index (χ2n) is 16.9. The number of para-hydroxylation sites is 2. The maximum Gasteiger partial charge on any atom is 0.200 e. The second-order valence-corrected chi connectivity index (χ2v) is 16.9. The Morgan fingerprint density at radius 3 is 1.24 bits per heavy atom. The van der Waals surface area contributed by atoms with Gasteiger partial charge in [-0.3, -0.25) is 0 Å². The maximum absolute atomic E-state index is 8.82. The summed E-state index contributed by atoms with van der Waals surface area (Å²) in [6, 6.07) is 72.2. The summed E-state index contributed by atoms with van der Waals surface area (Å²) in [5, 5.41) is 4.52. The van der Waals surface area contributed by atoms with Crippen molar-refractivity contribution in [3.8, 4) is 67.8 Å². The fourth-order valence-electron chi connectivity index (χ4n) is 9.60. The van der Waals surface area contributed by atoms with Gasteiger partial charge in [0.25, 0.3) is 0 Å². The van der Waals surface area contributed by atoms with Crippen molar-refractivity contribution in [2.24, 2.45) is 0 Å². The van der Waals surface area contributed by atoms with Gasteiger partial charge >= 0.3 is 0 Å². The van der Waals surface area contributed by atoms with Gasteiger partial charge in [-0.05, 0) is 84.6 Å². The van der Waals surface area contributed by atoms with Crippen LogP contribution in [0, 0.1) is 20.4 Å². The van der Waals surface area contributed by atoms with Crippen LogP contribution in [0.5, 0.6) is 0 Å². The quantitative estimate of drug-likeness (QED) is 0.150. The lowest BCUT2D eigenvalue weighted by atomic mass is 10.0. The van der Waals surface area contributed by atoms with E-state index in [9.17, 15) is 0 Å². The van der Waals surface area contributed by atoms with E-state index in [1.165, 1.54) is 22.3 Å². The first-order valence-electron chi connectivity index (χ1n) is 22.1. The van der Waals surface area contributed by atoms with Gasteiger partial charge in [-0.25, -0.2) is 19.8 Å². The third-order valence-corrected chi connectivity index (χ3v) is 12.7. The highest BCUT2D eigenvalue weighted by Gasteiger charge is 2.24. The molecule has 0 spiro atoms. The van der Waals surface area contributed by atoms with Crippen LogP contribution < -0.4 is 0 Å². The minimum Gasteiger partial charge on any atom is -0.308 e. The monoisotopic (exact) mass is 844 g/mol. The van der Waals surface area contributed by atoms with Crippen LogP contribution in [0.3, 0.4) is 0 Å². The largest absolute Gasteiger partial charge is 0.308 e. The van der Waals surface area contributed by atoms with E-state index >= 15 is 0 Å². The lowest BCUT2D eigenvalue weighted by Crippen LogP contribution is -2.06. The zero-order valence-electron chi connectivity index (χ0n) is 36.3. The molecule has 0 radical (unpaired) electrons. The Morgan fingerprint density at radius 1 is 0.348 bits per heavy atom. The third-order valence-electron chi connectivity index (χ3n) is 12.7. The van der Waals surface area contributed by atoms with E-state index in [2.05, 4.69) is 167 Å². The molecule has 6 nitrogen and oxygen atoms in total. The number of rotatable bonds is 7. The molecule has 0 fully saturated rings. The summed E-state index contributed by atoms with van der Waals surface area (Å²) in [6.07, 6.45) is 0. The highest BCUT2D eigenvalue weighted by Crippen LogP contribution is 2.44. The minimum atomic E-state index is 0.425. The number of nitrogens with zero attached hydrogens (tertiary/aromatic N) is 6. The number of benzene rings is 9. The summed E-state index contributed by atoms with van der Waals surface area (Å²) >= 11 is 0. The lowest BCUT2D eigenvalue weighted by molar-refractivity contribution is 1.07. The summed E-state index contributed by atoms with van der Waals surface area (Å²) in [6.45, 7) is 13.1. The highest BCUT2D eigenvalue weighted by atomic mass is 15.1. The van der Waals surface area contributed by atoms with Gasteiger partial charge < -0.3 is 9.13 Å². The molecule has 12 aromatic rings. The molecule has 0 amide bonds. The molecule has 3 aromatic heterocycles. The van der Waals surface area contributed by atoms with E-state index in [-0.39, 0.29) is 0 Å². The van der Waals surface area contributed by atoms with E-state index in [1.54, 1.807) is 0 Å². The van der Waals surface area contributed by atoms with Crippen molar-refractivity contribution in [2.45, 2.75) is 13.8 Å². The first-order chi connectivity index (χ1) is 32.5. The molecule has 6 heteroatoms. The van der Waals surface area contributed by atoms with Crippen molar-refractivity contribution in [2.75, 3.05) is 0 Å². The molecule has 310 valence electrons. The van der Waals surface area contributed by atoms with Gasteiger partial charge in [0.2, 0.25) is 0 Å². The summed E-state index contributed by atoms with van der Waals surface area (Å²) in [4.78, 5) is 19.6. The number of aromatic nitrogens is 5. The summed E-state index contributed by atoms with van der Waals surface area (Å²) in [5.74, 6) is 1.50. The molecule has 0 N–H and O–H groups in total. The molecule has 0 aliphatic carbocycles. The fraction of sp³-hybridized carbons (Fsp3) is 0.0333. The van der Waals surface area contributed by atoms with Crippen LogP contribution in [0.1, 0.15) is 11.1 Å². The molecule has 0 aliphatic rings. The topological polar surface area (TPSA) is 52.9 Å². The molecular formula is C60H40N6. The number of fused-ring (bicyclic) bond motifs is 6. The van der Waals surface area contributed by atoms with Crippen LogP contribution in [-0.2, 0) is 0 Å². The molecule has 0 aliphatic heterocycles. The SMILES string of the molecule is [C-]#[N+]c1cc(-n2c3ccccc3c3cc(-c4cccc(C)c4)ccc32)c(-n2c3ccccc3c3cc(-c4cccc(C)c4)ccc32)cc1-c1nc(-c2ccccc2)nc(-c2ccccc2)n1. The van der Waals surface area contributed by atoms with Gasteiger partial charge in [0.15, 0.2) is 23.2 Å². The predicted octanol–water partition coefficient (Wildman–Crippen LogP) is 15.6. The molecular weight excluding hydrogens is 805 g/mol. The lowest BCUT2D eigenvalue weighted by Gasteiger charge is -2.20. The Morgan fingerprint density at radius 2 is 0.758 bits per heavy atom. The average molecular weight is 845 g/mol. The van der Waals surface area contributed by atoms with Gasteiger partial charge in [0.05, 0.1) is 40.0 Å². The molecule has 0 saturated carbocycles. The van der Waals surface area contributed by atoms with Crippen molar-refractivity contribution in [3.63, 3.8) is 0 Å². The highest BCUT2D eigenvalue weighted by molar-refractivity contribution is 6.13. The molecule has 66 heavy (non-hydrogen) atoms. The van der Waals surface area contributed by atoms with E-state index < -0.39 is 0 Å². The Hall–Kier alpha value is -8.92. The molecule has 0 atom stereocenters. The summed E-state index contributed by atoms with van der Waals surface area (Å²) < 4.78 is 4.69. The van der Waals surface area contributed by atoms with Gasteiger partial charge in [-0.1, -0.05) is 169 Å². The van der Waals surface area contributed by atoms with Crippen molar-refractivity contribution < 1.29 is 0 Å². The number of hydrogen-bond donors (Lipinski definition) is 0. The molecule has 0 unspecified atom stereocenters. The van der Waals surface area contributed by atoms with E-state index in [0.29, 0.717) is 28.7 Å². The van der Waals surface area contributed by atoms with Crippen LogP contribution in [0.25, 0.3) is 116 Å². The van der Waals surface area contributed by atoms with Gasteiger partial charge in [-0.2, -0.15) is 0 Å². The minimum absolute atomic E-state index is 0.425. The molecule has 0 bridgehead atoms. The van der Waals surface area contributed by atoms with Crippen LogP contribution in [0.2, 0.25) is 0 Å². The Balaban J connectivity index is 1.19. The zero-order valence-corrected chi connectivity index (χ0v) is 36.3. The first kappa shape index (κ1) is 38.7. The fourth-order valence-corrected chi connectivity index (χ4v) is 9.60. The third kappa shape index (κ3) is 6.53. The Kier molecular flexibility index (Phi) is 9.22. The van der Waals surface area contributed by atoms with Gasteiger partial charge in [0.1, 0.15) is 0 Å². The van der Waals surface area contributed by atoms with E-state index in [1.807, 2.05) is 66.7 Å². The van der Waals surface area contributed by atoms with Crippen LogP contribution >= 0.6 is 0 Å². The van der Waals surface area contributed by atoms with Gasteiger partial charge in [-0.15, -0.1) is 0 Å². The maximum atomic E-state index is 8.82. The van der Waals surface area contributed by atoms with Crippen LogP contribution in [0.4, 0.5) is 5.69 Å². The van der Waals surface area contributed by atoms with Crippen molar-refractivity contribution in [1.82, 2.24) is 24.1 Å². The van der Waals surface area contributed by atoms with Crippen molar-refractivity contribution in [1.29, 1.82) is 0 Å². The molecule has 3 heterocycles. The van der Waals surface area contributed by atoms with E-state index in [0.717, 1.165) is 77.2 Å². The second kappa shape index (κ2) is 15.7. The number of aryl methyl sites for hydroxylation is 2. The molecule has 12 rings (SSSR count). The standard InChI is InChI=1S/C60H40N6/c1-38-16-14-22-42(32-38)44-28-30-54-48(34-44)46-24-10-12-26-52(46)65(54)56-36-50(60-63-58(40-18-6-4-7-19-40)62-59(64-60)41-20-8-5-9-21-41)51(61-3)37-57(56)66-53-27-13-11-25-47(53)49-35-45(29-31-55(49)66)43-23-15-17-39(2)33-43/h4-37H,1-2H3. The zero-order chi connectivity index (χ0) is 44.3. The van der Waals surface area contributed by atoms with Crippen molar-refractivity contribution >= 4 is 49.3 Å². The smallest absolute Gasteiger partial charge is 0.200 e. The van der Waals surface area contributed by atoms with Crippen LogP contribution in [0.15, 0.2) is 206 Å². The summed E-state index contributed by atoms with van der Waals surface area (Å²) in [7, 11) is 0. The summed E-state index contributed by atoms with van der Waals surface area (Å²) in [5.41, 5.74) is 15.8. The van der Waals surface area contributed by atoms with Gasteiger partial charge in [0, 0.05) is 38.2 Å². The van der Waals surface area contributed by atoms with Crippen LogP contribution in [-0.4, -0.2) is 24.1 Å². The average Bonchev–Trinajstić information content (AvgIpc) is 3.88. The Labute approximate surface area is 382 Å². The molecule has 0 saturated heterocycles. The van der Waals surface area contributed by atoms with Crippen molar-refractivity contribution in [3.05, 3.63) is 229 Å². The normalized spacial score (nSPS) is 11.5. The molecule has 9 aromatic carbocycles. The predicted molar refractivity (Wildman–Crippen MR) is 271 cm³/mol.